The summed E-state index contributed by atoms with van der Waals surface area (Å²) < 4.78 is 0.998. The maximum absolute atomic E-state index is 9.60. The number of phenolic OH excluding ortho intramolecular Hbond substituents is 1. The van der Waals surface area contributed by atoms with Gasteiger partial charge in [-0.3, -0.25) is 0 Å². The van der Waals surface area contributed by atoms with E-state index in [-0.39, 0.29) is 0 Å². The van der Waals surface area contributed by atoms with Crippen molar-refractivity contribution in [3.05, 3.63) is 27.2 Å². The third kappa shape index (κ3) is 1.47. The van der Waals surface area contributed by atoms with Crippen molar-refractivity contribution < 1.29 is 5.11 Å². The van der Waals surface area contributed by atoms with Crippen LogP contribution in [0.15, 0.2) is 10.5 Å². The van der Waals surface area contributed by atoms with E-state index in [1.54, 1.807) is 0 Å². The minimum Gasteiger partial charge on any atom is -0.507 e. The molecule has 0 spiro atoms. The lowest BCUT2D eigenvalue weighted by Crippen LogP contribution is -2.01. The van der Waals surface area contributed by atoms with Crippen LogP contribution in [0.5, 0.6) is 5.75 Å². The van der Waals surface area contributed by atoms with Crippen molar-refractivity contribution in [1.82, 2.24) is 0 Å². The minimum atomic E-state index is 0.318. The van der Waals surface area contributed by atoms with E-state index < -0.39 is 0 Å². The number of halogens is 1. The lowest BCUT2D eigenvalue weighted by molar-refractivity contribution is 0.463. The summed E-state index contributed by atoms with van der Waals surface area (Å²) in [7, 11) is 0. The zero-order chi connectivity index (χ0) is 9.30. The average molecular weight is 230 g/mol. The molecule has 12 heavy (non-hydrogen) atoms. The first-order valence-corrected chi connectivity index (χ1v) is 4.54. The van der Waals surface area contributed by atoms with Gasteiger partial charge in [0.2, 0.25) is 0 Å². The number of aryl methyl sites for hydroxylation is 1. The highest BCUT2D eigenvalue weighted by Gasteiger charge is 2.09. The summed E-state index contributed by atoms with van der Waals surface area (Å²) in [4.78, 5) is 0. The van der Waals surface area contributed by atoms with Gasteiger partial charge < -0.3 is 10.8 Å². The fraction of sp³-hybridized carbons (Fsp3) is 0.333. The van der Waals surface area contributed by atoms with E-state index in [1.807, 2.05) is 19.9 Å². The molecule has 0 fully saturated rings. The molecule has 2 nitrogen and oxygen atoms in total. The summed E-state index contributed by atoms with van der Waals surface area (Å²) in [5.41, 5.74) is 8.20. The van der Waals surface area contributed by atoms with Gasteiger partial charge in [0.05, 0.1) is 0 Å². The standard InChI is InChI=1S/C9H12BrNO/c1-5-3-8(10)6(2)7(4-11)9(5)12/h3,12H,4,11H2,1-2H3. The summed E-state index contributed by atoms with van der Waals surface area (Å²) in [6, 6.07) is 1.89. The van der Waals surface area contributed by atoms with Crippen molar-refractivity contribution in [2.75, 3.05) is 0 Å². The van der Waals surface area contributed by atoms with Crippen LogP contribution in [-0.4, -0.2) is 5.11 Å². The molecule has 3 heteroatoms. The largest absolute Gasteiger partial charge is 0.507 e. The van der Waals surface area contributed by atoms with E-state index in [1.165, 1.54) is 0 Å². The summed E-state index contributed by atoms with van der Waals surface area (Å²) >= 11 is 3.41. The van der Waals surface area contributed by atoms with E-state index in [4.69, 9.17) is 5.73 Å². The normalized spacial score (nSPS) is 10.3. The maximum Gasteiger partial charge on any atom is 0.123 e. The zero-order valence-corrected chi connectivity index (χ0v) is 8.77. The van der Waals surface area contributed by atoms with E-state index in [0.717, 1.165) is 21.2 Å². The van der Waals surface area contributed by atoms with Gasteiger partial charge in [0.25, 0.3) is 0 Å². The highest BCUT2D eigenvalue weighted by atomic mass is 79.9. The monoisotopic (exact) mass is 229 g/mol. The van der Waals surface area contributed by atoms with Crippen LogP contribution in [0.3, 0.4) is 0 Å². The molecule has 0 aliphatic rings. The van der Waals surface area contributed by atoms with Crippen molar-refractivity contribution >= 4 is 15.9 Å². The van der Waals surface area contributed by atoms with Crippen molar-refractivity contribution in [1.29, 1.82) is 0 Å². The molecule has 0 atom stereocenters. The van der Waals surface area contributed by atoms with Crippen molar-refractivity contribution in [3.8, 4) is 5.75 Å². The molecule has 0 heterocycles. The maximum atomic E-state index is 9.60. The Bertz CT molecular complexity index is 284. The lowest BCUT2D eigenvalue weighted by atomic mass is 10.0. The van der Waals surface area contributed by atoms with Gasteiger partial charge >= 0.3 is 0 Å². The highest BCUT2D eigenvalue weighted by molar-refractivity contribution is 9.10. The van der Waals surface area contributed by atoms with Gasteiger partial charge in [0, 0.05) is 16.6 Å². The van der Waals surface area contributed by atoms with Crippen LogP contribution in [0.1, 0.15) is 16.7 Å². The number of hydrogen-bond donors (Lipinski definition) is 2. The van der Waals surface area contributed by atoms with E-state index in [9.17, 15) is 5.11 Å². The molecule has 1 rings (SSSR count). The Kier molecular flexibility index (Phi) is 2.75. The van der Waals surface area contributed by atoms with Crippen LogP contribution < -0.4 is 5.73 Å². The Labute approximate surface area is 80.5 Å². The van der Waals surface area contributed by atoms with Crippen LogP contribution in [0, 0.1) is 13.8 Å². The molecule has 0 aromatic heterocycles. The molecule has 0 saturated heterocycles. The number of rotatable bonds is 1. The predicted molar refractivity (Wildman–Crippen MR) is 53.2 cm³/mol. The minimum absolute atomic E-state index is 0.318. The summed E-state index contributed by atoms with van der Waals surface area (Å²) in [5, 5.41) is 9.60. The molecule has 66 valence electrons. The van der Waals surface area contributed by atoms with Gasteiger partial charge in [-0.2, -0.15) is 0 Å². The van der Waals surface area contributed by atoms with Crippen LogP contribution in [0.2, 0.25) is 0 Å². The molecule has 1 aromatic rings. The van der Waals surface area contributed by atoms with Gasteiger partial charge in [0.1, 0.15) is 5.75 Å². The third-order valence-corrected chi connectivity index (χ3v) is 2.84. The second kappa shape index (κ2) is 3.46. The number of hydrogen-bond acceptors (Lipinski definition) is 2. The van der Waals surface area contributed by atoms with Gasteiger partial charge in [-0.15, -0.1) is 0 Å². The lowest BCUT2D eigenvalue weighted by Gasteiger charge is -2.10. The Morgan fingerprint density at radius 2 is 2.08 bits per heavy atom. The first kappa shape index (κ1) is 9.55. The molecule has 0 saturated carbocycles. The number of phenols is 1. The average Bonchev–Trinajstić information content (AvgIpc) is 2.02. The Balaban J connectivity index is 3.42. The second-order valence-electron chi connectivity index (χ2n) is 2.83. The van der Waals surface area contributed by atoms with Gasteiger partial charge in [0.15, 0.2) is 0 Å². The quantitative estimate of drug-likeness (QED) is 0.777. The van der Waals surface area contributed by atoms with Crippen molar-refractivity contribution in [2.45, 2.75) is 20.4 Å². The Hall–Kier alpha value is -0.540. The summed E-state index contributed by atoms with van der Waals surface area (Å²) in [5.74, 6) is 0.318. The topological polar surface area (TPSA) is 46.2 Å². The molecule has 0 aliphatic carbocycles. The van der Waals surface area contributed by atoms with Crippen LogP contribution >= 0.6 is 15.9 Å². The van der Waals surface area contributed by atoms with E-state index in [2.05, 4.69) is 15.9 Å². The molecular weight excluding hydrogens is 218 g/mol. The van der Waals surface area contributed by atoms with Crippen LogP contribution in [0.25, 0.3) is 0 Å². The Morgan fingerprint density at radius 3 is 2.58 bits per heavy atom. The molecule has 1 aromatic carbocycles. The SMILES string of the molecule is Cc1cc(Br)c(C)c(CN)c1O. The molecule has 0 radical (unpaired) electrons. The van der Waals surface area contributed by atoms with Gasteiger partial charge in [-0.1, -0.05) is 15.9 Å². The van der Waals surface area contributed by atoms with Gasteiger partial charge in [-0.25, -0.2) is 0 Å². The predicted octanol–water partition coefficient (Wildman–Crippen LogP) is 2.23. The molecule has 0 aliphatic heterocycles. The number of benzene rings is 1. The van der Waals surface area contributed by atoms with E-state index in [0.29, 0.717) is 12.3 Å². The number of nitrogens with two attached hydrogens (primary N) is 1. The fourth-order valence-corrected chi connectivity index (χ4v) is 1.76. The van der Waals surface area contributed by atoms with Gasteiger partial charge in [-0.05, 0) is 31.0 Å². The first-order valence-electron chi connectivity index (χ1n) is 3.75. The number of aromatic hydroxyl groups is 1. The fourth-order valence-electron chi connectivity index (χ4n) is 1.18. The first-order chi connectivity index (χ1) is 5.57. The Morgan fingerprint density at radius 1 is 1.50 bits per heavy atom. The molecule has 3 N–H and O–H groups in total. The molecular formula is C9H12BrNO. The van der Waals surface area contributed by atoms with Crippen LogP contribution in [0.4, 0.5) is 0 Å². The summed E-state index contributed by atoms with van der Waals surface area (Å²) in [6.07, 6.45) is 0. The summed E-state index contributed by atoms with van der Waals surface area (Å²) in [6.45, 7) is 4.17. The van der Waals surface area contributed by atoms with Crippen molar-refractivity contribution in [3.63, 3.8) is 0 Å². The smallest absolute Gasteiger partial charge is 0.123 e. The van der Waals surface area contributed by atoms with Crippen LogP contribution in [-0.2, 0) is 6.54 Å². The highest BCUT2D eigenvalue weighted by Crippen LogP contribution is 2.30. The van der Waals surface area contributed by atoms with Crippen molar-refractivity contribution in [2.24, 2.45) is 5.73 Å². The third-order valence-electron chi connectivity index (χ3n) is 2.02. The molecule has 0 amide bonds. The zero-order valence-electron chi connectivity index (χ0n) is 7.19. The second-order valence-corrected chi connectivity index (χ2v) is 3.69. The molecule has 0 bridgehead atoms. The van der Waals surface area contributed by atoms with E-state index >= 15 is 0 Å². The molecule has 0 unspecified atom stereocenters.